The lowest BCUT2D eigenvalue weighted by Gasteiger charge is -2.36. The van der Waals surface area contributed by atoms with E-state index < -0.39 is 37.7 Å². The zero-order valence-electron chi connectivity index (χ0n) is 24.0. The molecule has 3 atom stereocenters. The molecule has 42 heavy (non-hydrogen) atoms. The van der Waals surface area contributed by atoms with Crippen molar-refractivity contribution in [3.05, 3.63) is 53.7 Å². The summed E-state index contributed by atoms with van der Waals surface area (Å²) in [6.45, 7) is 3.61. The molecule has 1 aliphatic carbocycles. The zero-order valence-corrected chi connectivity index (χ0v) is 24.9. The summed E-state index contributed by atoms with van der Waals surface area (Å²) in [5.41, 5.74) is 2.36. The molecule has 0 bridgehead atoms. The highest BCUT2D eigenvalue weighted by molar-refractivity contribution is 7.51. The molecule has 1 saturated heterocycles. The van der Waals surface area contributed by atoms with Crippen molar-refractivity contribution < 1.29 is 38.2 Å². The first kappa shape index (κ1) is 31.6. The lowest BCUT2D eigenvalue weighted by atomic mass is 10.0. The minimum Gasteiger partial charge on any atom is -0.449 e. The Hall–Kier alpha value is -3.31. The molecule has 4 rings (SSSR count). The van der Waals surface area contributed by atoms with Crippen molar-refractivity contribution in [2.75, 3.05) is 52.7 Å². The number of hydrogen-bond donors (Lipinski definition) is 3. The molecule has 2 heterocycles. The number of piperazine rings is 1. The van der Waals surface area contributed by atoms with Crippen LogP contribution in [0.5, 0.6) is 0 Å². The molecule has 12 nitrogen and oxygen atoms in total. The Labute approximate surface area is 245 Å². The van der Waals surface area contributed by atoms with Crippen molar-refractivity contribution in [1.82, 2.24) is 20.1 Å². The Kier molecular flexibility index (Phi) is 10.7. The predicted octanol–water partition coefficient (Wildman–Crippen LogP) is 2.86. The van der Waals surface area contributed by atoms with Crippen LogP contribution in [0.15, 0.2) is 42.5 Å². The van der Waals surface area contributed by atoms with Crippen LogP contribution in [0.3, 0.4) is 0 Å². The van der Waals surface area contributed by atoms with Crippen LogP contribution in [0, 0.1) is 5.92 Å². The number of rotatable bonds is 12. The lowest BCUT2D eigenvalue weighted by molar-refractivity contribution is -0.134. The first-order valence-corrected chi connectivity index (χ1v) is 16.0. The van der Waals surface area contributed by atoms with Gasteiger partial charge in [-0.3, -0.25) is 14.2 Å². The number of ether oxygens (including phenoxy) is 2. The molecule has 3 N–H and O–H groups in total. The van der Waals surface area contributed by atoms with Crippen molar-refractivity contribution >= 4 is 25.5 Å². The van der Waals surface area contributed by atoms with Gasteiger partial charge in [0.15, 0.2) is 0 Å². The third-order valence-electron chi connectivity index (χ3n) is 7.48. The van der Waals surface area contributed by atoms with Crippen LogP contribution in [0.25, 0.3) is 11.3 Å². The van der Waals surface area contributed by atoms with E-state index in [1.165, 1.54) is 9.80 Å². The molecule has 2 aliphatic rings. The van der Waals surface area contributed by atoms with Crippen molar-refractivity contribution in [3.63, 3.8) is 0 Å². The predicted molar refractivity (Wildman–Crippen MR) is 155 cm³/mol. The number of nitrogens with one attached hydrogen (secondary N) is 1. The van der Waals surface area contributed by atoms with E-state index in [-0.39, 0.29) is 37.8 Å². The number of aromatic nitrogens is 1. The van der Waals surface area contributed by atoms with Crippen LogP contribution in [-0.2, 0) is 18.8 Å². The second kappa shape index (κ2) is 14.2. The van der Waals surface area contributed by atoms with E-state index in [2.05, 4.69) is 10.3 Å². The van der Waals surface area contributed by atoms with Gasteiger partial charge in [0.1, 0.15) is 11.7 Å². The molecule has 13 heteroatoms. The first-order valence-electron chi connectivity index (χ1n) is 14.2. The number of amides is 3. The average Bonchev–Trinajstić information content (AvgIpc) is 3.75. The molecule has 1 aromatic heterocycles. The molecule has 0 unspecified atom stereocenters. The molecule has 0 spiro atoms. The summed E-state index contributed by atoms with van der Waals surface area (Å²) < 4.78 is 22.5. The maximum atomic E-state index is 13.5. The van der Waals surface area contributed by atoms with E-state index in [1.54, 1.807) is 13.2 Å². The van der Waals surface area contributed by atoms with Crippen LogP contribution in [0.4, 0.5) is 4.79 Å². The van der Waals surface area contributed by atoms with Gasteiger partial charge in [-0.2, -0.15) is 0 Å². The van der Waals surface area contributed by atoms with Crippen molar-refractivity contribution in [2.24, 2.45) is 5.92 Å². The standard InChI is InChI=1S/C29H39N4O8P/c1-3-4-14-41-29(36)33-12-10-32(11-13-33)28(35)26(19-42(37,38)39)31-27(34)25-17-21(23-15-22(23)18-40-2)16-24(30-25)20-8-6-5-7-9-20/h5-9,16-17,22-23,26H,3-4,10-15,18-19H2,1-2H3,(H,31,34)(H2,37,38,39)/t22-,23-,26+/m1/s1. The fourth-order valence-corrected chi connectivity index (χ4v) is 5.80. The maximum Gasteiger partial charge on any atom is 0.409 e. The number of unbranched alkanes of at least 4 members (excludes halogenated alkanes) is 1. The van der Waals surface area contributed by atoms with E-state index in [0.29, 0.717) is 24.8 Å². The van der Waals surface area contributed by atoms with Gasteiger partial charge in [0.2, 0.25) is 5.91 Å². The van der Waals surface area contributed by atoms with E-state index in [9.17, 15) is 28.7 Å². The van der Waals surface area contributed by atoms with E-state index in [4.69, 9.17) is 9.47 Å². The topological polar surface area (TPSA) is 159 Å². The molecular weight excluding hydrogens is 563 g/mol. The van der Waals surface area contributed by atoms with Crippen LogP contribution < -0.4 is 5.32 Å². The van der Waals surface area contributed by atoms with E-state index >= 15 is 0 Å². The number of hydrogen-bond acceptors (Lipinski definition) is 7. The van der Waals surface area contributed by atoms with Crippen LogP contribution in [0.1, 0.15) is 48.2 Å². The monoisotopic (exact) mass is 602 g/mol. The van der Waals surface area contributed by atoms with Crippen molar-refractivity contribution in [2.45, 2.75) is 38.1 Å². The van der Waals surface area contributed by atoms with Crippen molar-refractivity contribution in [3.8, 4) is 11.3 Å². The van der Waals surface area contributed by atoms with Gasteiger partial charge < -0.3 is 34.4 Å². The van der Waals surface area contributed by atoms with Gasteiger partial charge in [0, 0.05) is 45.5 Å². The number of pyridine rings is 1. The third-order valence-corrected chi connectivity index (χ3v) is 8.32. The quantitative estimate of drug-likeness (QED) is 0.245. The fraction of sp³-hybridized carbons (Fsp3) is 0.517. The van der Waals surface area contributed by atoms with Gasteiger partial charge in [-0.1, -0.05) is 43.7 Å². The van der Waals surface area contributed by atoms with Crippen LogP contribution in [-0.4, -0.2) is 101 Å². The van der Waals surface area contributed by atoms with Gasteiger partial charge in [-0.05, 0) is 42.4 Å². The van der Waals surface area contributed by atoms with E-state index in [0.717, 1.165) is 30.4 Å². The Bertz CT molecular complexity index is 1300. The summed E-state index contributed by atoms with van der Waals surface area (Å²) in [6.07, 6.45) is 1.24. The number of methoxy groups -OCH3 is 1. The summed E-state index contributed by atoms with van der Waals surface area (Å²) in [7, 11) is -3.04. The highest BCUT2D eigenvalue weighted by Gasteiger charge is 2.39. The molecule has 0 radical (unpaired) electrons. The van der Waals surface area contributed by atoms with Crippen LogP contribution >= 0.6 is 7.60 Å². The van der Waals surface area contributed by atoms with Crippen molar-refractivity contribution in [1.29, 1.82) is 0 Å². The summed E-state index contributed by atoms with van der Waals surface area (Å²) in [4.78, 5) is 66.1. The molecule has 1 aromatic carbocycles. The SMILES string of the molecule is CCCCOC(=O)N1CCN(C(=O)[C@H](CP(=O)(O)O)NC(=O)c2cc([C@H]3C[C@@H]3COC)cc(-c3ccccc3)n2)CC1. The molecular formula is C29H39N4O8P. The number of benzene rings is 1. The van der Waals surface area contributed by atoms with Gasteiger partial charge in [-0.25, -0.2) is 9.78 Å². The van der Waals surface area contributed by atoms with Gasteiger partial charge >= 0.3 is 13.7 Å². The molecule has 1 aliphatic heterocycles. The third kappa shape index (κ3) is 8.61. The molecule has 2 aromatic rings. The first-order chi connectivity index (χ1) is 20.1. The molecule has 228 valence electrons. The largest absolute Gasteiger partial charge is 0.449 e. The number of nitrogens with zero attached hydrogens (tertiary/aromatic N) is 3. The highest BCUT2D eigenvalue weighted by Crippen LogP contribution is 2.48. The minimum atomic E-state index is -4.69. The van der Waals surface area contributed by atoms with Gasteiger partial charge in [0.25, 0.3) is 5.91 Å². The molecule has 3 amide bonds. The summed E-state index contributed by atoms with van der Waals surface area (Å²) >= 11 is 0. The molecule has 1 saturated carbocycles. The van der Waals surface area contributed by atoms with Gasteiger partial charge in [0.05, 0.1) is 18.5 Å². The van der Waals surface area contributed by atoms with E-state index in [1.807, 2.05) is 43.3 Å². The Balaban J connectivity index is 1.50. The number of carbonyl (C=O) groups excluding carboxylic acids is 3. The molecule has 2 fully saturated rings. The average molecular weight is 603 g/mol. The van der Waals surface area contributed by atoms with Crippen LogP contribution in [0.2, 0.25) is 0 Å². The normalized spacial score (nSPS) is 19.2. The summed E-state index contributed by atoms with van der Waals surface area (Å²) in [5, 5.41) is 2.54. The summed E-state index contributed by atoms with van der Waals surface area (Å²) in [6, 6.07) is 11.5. The summed E-state index contributed by atoms with van der Waals surface area (Å²) in [5.74, 6) is -0.821. The maximum absolute atomic E-state index is 13.5. The number of carbonyl (C=O) groups is 3. The second-order valence-electron chi connectivity index (χ2n) is 10.7. The Morgan fingerprint density at radius 1 is 1.10 bits per heavy atom. The Morgan fingerprint density at radius 2 is 1.79 bits per heavy atom. The fourth-order valence-electron chi connectivity index (χ4n) is 5.07. The van der Waals surface area contributed by atoms with Gasteiger partial charge in [-0.15, -0.1) is 0 Å². The second-order valence-corrected chi connectivity index (χ2v) is 12.4. The smallest absolute Gasteiger partial charge is 0.409 e. The zero-order chi connectivity index (χ0) is 30.3. The lowest BCUT2D eigenvalue weighted by Crippen LogP contribution is -2.56. The minimum absolute atomic E-state index is 0.0533. The Morgan fingerprint density at radius 3 is 2.43 bits per heavy atom. The highest BCUT2D eigenvalue weighted by atomic mass is 31.2.